The molecule has 10 heavy (non-hydrogen) atoms. The fourth-order valence-electron chi connectivity index (χ4n) is 0.549. The molecule has 0 N–H and O–H groups in total. The summed E-state index contributed by atoms with van der Waals surface area (Å²) in [6.45, 7) is 6.09. The standard InChI is InChI=1S/C7H13NO2/c1-3-7(2)4-5-8-10-6-9/h7H,3-5H2,1-2H3. The van der Waals surface area contributed by atoms with E-state index in [1.165, 1.54) is 6.47 Å². The van der Waals surface area contributed by atoms with Crippen molar-refractivity contribution < 1.29 is 9.63 Å². The van der Waals surface area contributed by atoms with Crippen molar-refractivity contribution in [2.24, 2.45) is 5.92 Å². The van der Waals surface area contributed by atoms with Gasteiger partial charge in [0.25, 0.3) is 0 Å². The summed E-state index contributed by atoms with van der Waals surface area (Å²) < 4.78 is 0. The van der Waals surface area contributed by atoms with E-state index in [9.17, 15) is 4.79 Å². The normalized spacial score (nSPS) is 12.6. The predicted octanol–water partition coefficient (Wildman–Crippen LogP) is 1.03. The maximum absolute atomic E-state index is 9.48. The highest BCUT2D eigenvalue weighted by Crippen LogP contribution is 2.04. The number of carbonyl (C=O) groups excluding carboxylic acids is 1. The quantitative estimate of drug-likeness (QED) is 0.411. The zero-order valence-corrected chi connectivity index (χ0v) is 6.46. The highest BCUT2D eigenvalue weighted by atomic mass is 16.7. The molecular formula is C7H13NO2. The van der Waals surface area contributed by atoms with E-state index >= 15 is 0 Å². The third-order valence-electron chi connectivity index (χ3n) is 1.51. The third kappa shape index (κ3) is 5.56. The first-order valence-corrected chi connectivity index (χ1v) is 3.51. The van der Waals surface area contributed by atoms with Gasteiger partial charge in [0.05, 0.1) is 6.54 Å². The lowest BCUT2D eigenvalue weighted by Gasteiger charge is -2.04. The van der Waals surface area contributed by atoms with Crippen LogP contribution in [-0.4, -0.2) is 13.0 Å². The zero-order valence-electron chi connectivity index (χ0n) is 6.46. The van der Waals surface area contributed by atoms with Crippen LogP contribution in [0.2, 0.25) is 0 Å². The van der Waals surface area contributed by atoms with Crippen molar-refractivity contribution in [1.82, 2.24) is 5.48 Å². The van der Waals surface area contributed by atoms with E-state index in [1.807, 2.05) is 0 Å². The molecule has 0 saturated heterocycles. The van der Waals surface area contributed by atoms with Gasteiger partial charge in [-0.05, 0) is 17.8 Å². The Balaban J connectivity index is 2.95. The Morgan fingerprint density at radius 2 is 2.40 bits per heavy atom. The van der Waals surface area contributed by atoms with Gasteiger partial charge in [0.1, 0.15) is 0 Å². The van der Waals surface area contributed by atoms with E-state index in [2.05, 4.69) is 24.2 Å². The predicted molar refractivity (Wildman–Crippen MR) is 37.9 cm³/mol. The van der Waals surface area contributed by atoms with E-state index < -0.39 is 0 Å². The molecule has 0 spiro atoms. The Morgan fingerprint density at radius 3 is 2.90 bits per heavy atom. The molecule has 1 atom stereocenters. The molecule has 0 aromatic rings. The number of hydroxylamine groups is 1. The van der Waals surface area contributed by atoms with Crippen LogP contribution in [0.1, 0.15) is 26.7 Å². The fourth-order valence-corrected chi connectivity index (χ4v) is 0.549. The molecule has 0 fully saturated rings. The van der Waals surface area contributed by atoms with Crippen LogP contribution in [0.4, 0.5) is 0 Å². The van der Waals surface area contributed by atoms with Gasteiger partial charge in [0, 0.05) is 0 Å². The lowest BCUT2D eigenvalue weighted by Crippen LogP contribution is -2.09. The highest BCUT2D eigenvalue weighted by molar-refractivity contribution is 5.37. The van der Waals surface area contributed by atoms with E-state index in [1.54, 1.807) is 0 Å². The summed E-state index contributed by atoms with van der Waals surface area (Å²) >= 11 is 0. The topological polar surface area (TPSA) is 40.4 Å². The molecule has 2 radical (unpaired) electrons. The van der Waals surface area contributed by atoms with Gasteiger partial charge in [-0.15, -0.1) is 0 Å². The summed E-state index contributed by atoms with van der Waals surface area (Å²) in [7, 11) is 0. The van der Waals surface area contributed by atoms with Crippen LogP contribution in [0, 0.1) is 5.92 Å². The minimum atomic E-state index is 0.588. The third-order valence-corrected chi connectivity index (χ3v) is 1.51. The second kappa shape index (κ2) is 6.55. The molecule has 0 heterocycles. The van der Waals surface area contributed by atoms with Crippen LogP contribution in [0.5, 0.6) is 0 Å². The Bertz CT molecular complexity index is 85.7. The summed E-state index contributed by atoms with van der Waals surface area (Å²) in [6.07, 6.45) is 2.11. The lowest BCUT2D eigenvalue weighted by molar-refractivity contribution is 0.153. The highest BCUT2D eigenvalue weighted by Gasteiger charge is 1.97. The summed E-state index contributed by atoms with van der Waals surface area (Å²) in [6, 6.07) is 0. The minimum absolute atomic E-state index is 0.588. The molecule has 0 bridgehead atoms. The Hall–Kier alpha value is -0.570. The largest absolute Gasteiger partial charge is 0.439 e. The van der Waals surface area contributed by atoms with Crippen LogP contribution < -0.4 is 5.48 Å². The van der Waals surface area contributed by atoms with Gasteiger partial charge < -0.3 is 4.84 Å². The first-order valence-electron chi connectivity index (χ1n) is 3.51. The molecule has 1 unspecified atom stereocenters. The number of hydrogen-bond donors (Lipinski definition) is 0. The van der Waals surface area contributed by atoms with E-state index in [4.69, 9.17) is 0 Å². The first-order chi connectivity index (χ1) is 4.81. The second-order valence-corrected chi connectivity index (χ2v) is 2.33. The van der Waals surface area contributed by atoms with Crippen molar-refractivity contribution in [2.75, 3.05) is 6.54 Å². The fraction of sp³-hybridized carbons (Fsp3) is 0.857. The SMILES string of the molecule is CCC(C)CC[N]O[C]=O. The summed E-state index contributed by atoms with van der Waals surface area (Å²) in [5, 5.41) is 0. The van der Waals surface area contributed by atoms with Crippen molar-refractivity contribution in [3.8, 4) is 0 Å². The average molecular weight is 143 g/mol. The molecule has 0 rings (SSSR count). The van der Waals surface area contributed by atoms with Gasteiger partial charge in [-0.3, -0.25) is 0 Å². The molecule has 0 aliphatic heterocycles. The molecule has 3 nitrogen and oxygen atoms in total. The van der Waals surface area contributed by atoms with Crippen LogP contribution in [-0.2, 0) is 9.63 Å². The van der Waals surface area contributed by atoms with Crippen LogP contribution >= 0.6 is 0 Å². The molecule has 0 aromatic heterocycles. The molecule has 0 saturated carbocycles. The molecule has 0 aliphatic carbocycles. The van der Waals surface area contributed by atoms with Gasteiger partial charge in [-0.2, -0.15) is 0 Å². The molecule has 0 amide bonds. The van der Waals surface area contributed by atoms with E-state index in [0.717, 1.165) is 12.8 Å². The molecule has 0 aliphatic rings. The smallest absolute Gasteiger partial charge is 0.340 e. The van der Waals surface area contributed by atoms with Gasteiger partial charge in [-0.25, -0.2) is 4.79 Å². The maximum atomic E-state index is 9.48. The van der Waals surface area contributed by atoms with Crippen molar-refractivity contribution in [1.29, 1.82) is 0 Å². The zero-order chi connectivity index (χ0) is 7.82. The average Bonchev–Trinajstić information content (AvgIpc) is 1.98. The van der Waals surface area contributed by atoms with Crippen molar-refractivity contribution in [3.63, 3.8) is 0 Å². The lowest BCUT2D eigenvalue weighted by atomic mass is 10.1. The van der Waals surface area contributed by atoms with Crippen LogP contribution in [0.15, 0.2) is 0 Å². The van der Waals surface area contributed by atoms with Crippen molar-refractivity contribution >= 4 is 6.47 Å². The maximum Gasteiger partial charge on any atom is 0.439 e. The summed E-state index contributed by atoms with van der Waals surface area (Å²) in [5.74, 6) is 0.652. The summed E-state index contributed by atoms with van der Waals surface area (Å²) in [4.78, 5) is 13.5. The molecule has 0 aromatic carbocycles. The summed E-state index contributed by atoms with van der Waals surface area (Å²) in [5.41, 5.74) is 3.45. The second-order valence-electron chi connectivity index (χ2n) is 2.33. The van der Waals surface area contributed by atoms with Gasteiger partial charge in [0.2, 0.25) is 0 Å². The van der Waals surface area contributed by atoms with E-state index in [0.29, 0.717) is 12.5 Å². The van der Waals surface area contributed by atoms with Crippen molar-refractivity contribution in [2.45, 2.75) is 26.7 Å². The molecular weight excluding hydrogens is 130 g/mol. The van der Waals surface area contributed by atoms with Crippen molar-refractivity contribution in [3.05, 3.63) is 0 Å². The van der Waals surface area contributed by atoms with Crippen LogP contribution in [0.3, 0.4) is 0 Å². The Labute approximate surface area is 61.7 Å². The van der Waals surface area contributed by atoms with Gasteiger partial charge >= 0.3 is 6.47 Å². The number of hydrogen-bond acceptors (Lipinski definition) is 2. The van der Waals surface area contributed by atoms with Gasteiger partial charge in [0.15, 0.2) is 0 Å². The van der Waals surface area contributed by atoms with E-state index in [-0.39, 0.29) is 0 Å². The number of rotatable bonds is 6. The first kappa shape index (κ1) is 9.43. The monoisotopic (exact) mass is 143 g/mol. The Kier molecular flexibility index (Phi) is 6.18. The van der Waals surface area contributed by atoms with Gasteiger partial charge in [-0.1, -0.05) is 20.3 Å². The molecule has 3 heteroatoms. The Morgan fingerprint density at radius 1 is 1.70 bits per heavy atom. The van der Waals surface area contributed by atoms with Crippen LogP contribution in [0.25, 0.3) is 0 Å². The minimum Gasteiger partial charge on any atom is -0.340 e. The molecule has 58 valence electrons. The number of nitrogens with zero attached hydrogens (tertiary/aromatic N) is 1.